The van der Waals surface area contributed by atoms with Crippen molar-refractivity contribution in [2.45, 2.75) is 52.0 Å². The highest BCUT2D eigenvalue weighted by atomic mass is 16.6. The number of aryl methyl sites for hydroxylation is 3. The van der Waals surface area contributed by atoms with Gasteiger partial charge in [0.2, 0.25) is 0 Å². The van der Waals surface area contributed by atoms with Gasteiger partial charge >= 0.3 is 17.6 Å². The highest BCUT2D eigenvalue weighted by Gasteiger charge is 2.40. The molecule has 188 valence electrons. The molecule has 1 saturated heterocycles. The van der Waals surface area contributed by atoms with Crippen molar-refractivity contribution in [1.82, 2.24) is 9.55 Å². The van der Waals surface area contributed by atoms with Crippen LogP contribution < -0.4 is 11.2 Å². The molecule has 9 heteroatoms. The largest absolute Gasteiger partial charge is 0.459 e. The zero-order valence-electron chi connectivity index (χ0n) is 20.4. The lowest BCUT2D eigenvalue weighted by atomic mass is 10.1. The molecular formula is C27H28N2O7. The Labute approximate surface area is 207 Å². The molecule has 0 aliphatic carbocycles. The summed E-state index contributed by atoms with van der Waals surface area (Å²) in [6, 6.07) is 13.9. The van der Waals surface area contributed by atoms with Crippen LogP contribution in [0.4, 0.5) is 0 Å². The summed E-state index contributed by atoms with van der Waals surface area (Å²) in [5.74, 6) is -1.10. The quantitative estimate of drug-likeness (QED) is 0.504. The molecule has 4 rings (SSSR count). The molecule has 3 atom stereocenters. The lowest BCUT2D eigenvalue weighted by Crippen LogP contribution is -2.34. The first-order valence-corrected chi connectivity index (χ1v) is 11.8. The van der Waals surface area contributed by atoms with E-state index in [-0.39, 0.29) is 13.0 Å². The molecule has 1 aromatic heterocycles. The predicted molar refractivity (Wildman–Crippen MR) is 131 cm³/mol. The number of aromatic nitrogens is 2. The summed E-state index contributed by atoms with van der Waals surface area (Å²) < 4.78 is 18.5. The normalized spacial score (nSPS) is 19.1. The van der Waals surface area contributed by atoms with Crippen LogP contribution in [-0.2, 0) is 20.6 Å². The van der Waals surface area contributed by atoms with Crippen molar-refractivity contribution < 1.29 is 23.8 Å². The fourth-order valence-corrected chi connectivity index (χ4v) is 3.96. The molecule has 0 bridgehead atoms. The Balaban J connectivity index is 1.54. The second-order valence-corrected chi connectivity index (χ2v) is 8.81. The SMILES string of the molecule is CCc1cn([C@@H]2C[C@H](OC(=O)c3ccc(C)cc3)[C@@H](COC(=O)c3ccc(C)cc3)O2)c(=O)[nH]c1=O. The molecule has 2 heterocycles. The molecule has 0 amide bonds. The van der Waals surface area contributed by atoms with E-state index >= 15 is 0 Å². The van der Waals surface area contributed by atoms with Crippen molar-refractivity contribution in [3.8, 4) is 0 Å². The summed E-state index contributed by atoms with van der Waals surface area (Å²) in [5, 5.41) is 0. The smallest absolute Gasteiger partial charge is 0.338 e. The molecule has 0 spiro atoms. The number of carbonyl (C=O) groups is 2. The van der Waals surface area contributed by atoms with Gasteiger partial charge in [-0.1, -0.05) is 42.3 Å². The average molecular weight is 493 g/mol. The van der Waals surface area contributed by atoms with Crippen molar-refractivity contribution in [3.63, 3.8) is 0 Å². The van der Waals surface area contributed by atoms with Gasteiger partial charge < -0.3 is 14.2 Å². The average Bonchev–Trinajstić information content (AvgIpc) is 3.25. The van der Waals surface area contributed by atoms with E-state index in [0.717, 1.165) is 11.1 Å². The van der Waals surface area contributed by atoms with Crippen molar-refractivity contribution in [2.75, 3.05) is 6.61 Å². The van der Waals surface area contributed by atoms with Crippen molar-refractivity contribution in [1.29, 1.82) is 0 Å². The minimum atomic E-state index is -0.821. The molecule has 2 aromatic carbocycles. The number of nitrogens with one attached hydrogen (secondary N) is 1. The number of carbonyl (C=O) groups excluding carboxylic acids is 2. The maximum atomic E-state index is 12.8. The summed E-state index contributed by atoms with van der Waals surface area (Å²) in [5.41, 5.74) is 2.09. The van der Waals surface area contributed by atoms with Crippen LogP contribution in [-0.4, -0.2) is 40.3 Å². The number of hydrogen-bond acceptors (Lipinski definition) is 7. The number of ether oxygens (including phenoxy) is 3. The predicted octanol–water partition coefficient (Wildman–Crippen LogP) is 3.09. The van der Waals surface area contributed by atoms with E-state index in [2.05, 4.69) is 4.98 Å². The van der Waals surface area contributed by atoms with Gasteiger partial charge in [0, 0.05) is 18.2 Å². The van der Waals surface area contributed by atoms with E-state index in [4.69, 9.17) is 14.2 Å². The Morgan fingerprint density at radius 1 is 0.972 bits per heavy atom. The fraction of sp³-hybridized carbons (Fsp3) is 0.333. The number of hydrogen-bond donors (Lipinski definition) is 1. The molecule has 36 heavy (non-hydrogen) atoms. The van der Waals surface area contributed by atoms with E-state index in [1.54, 1.807) is 55.5 Å². The highest BCUT2D eigenvalue weighted by Crippen LogP contribution is 2.31. The van der Waals surface area contributed by atoms with Gasteiger partial charge in [-0.05, 0) is 44.5 Å². The third-order valence-corrected chi connectivity index (χ3v) is 6.12. The fourth-order valence-electron chi connectivity index (χ4n) is 3.96. The lowest BCUT2D eigenvalue weighted by Gasteiger charge is -2.19. The molecule has 0 radical (unpaired) electrons. The molecule has 1 aliphatic heterocycles. The molecular weight excluding hydrogens is 464 g/mol. The summed E-state index contributed by atoms with van der Waals surface area (Å²) in [4.78, 5) is 52.1. The number of rotatable bonds is 7. The summed E-state index contributed by atoms with van der Waals surface area (Å²) in [6.45, 7) is 5.44. The van der Waals surface area contributed by atoms with Gasteiger partial charge in [0.05, 0.1) is 11.1 Å². The first-order chi connectivity index (χ1) is 17.2. The lowest BCUT2D eigenvalue weighted by molar-refractivity contribution is -0.0583. The van der Waals surface area contributed by atoms with Crippen LogP contribution in [0.5, 0.6) is 0 Å². The number of esters is 2. The van der Waals surface area contributed by atoms with Gasteiger partial charge in [0.1, 0.15) is 25.0 Å². The number of nitrogens with zero attached hydrogens (tertiary/aromatic N) is 1. The Morgan fingerprint density at radius 3 is 2.14 bits per heavy atom. The molecule has 0 unspecified atom stereocenters. The summed E-state index contributed by atoms with van der Waals surface area (Å²) in [7, 11) is 0. The van der Waals surface area contributed by atoms with Crippen LogP contribution in [0.3, 0.4) is 0 Å². The highest BCUT2D eigenvalue weighted by molar-refractivity contribution is 5.90. The monoisotopic (exact) mass is 492 g/mol. The van der Waals surface area contributed by atoms with E-state index in [1.165, 1.54) is 10.8 Å². The van der Waals surface area contributed by atoms with Crippen LogP contribution in [0.25, 0.3) is 0 Å². The van der Waals surface area contributed by atoms with Gasteiger partial charge in [-0.25, -0.2) is 14.4 Å². The molecule has 0 saturated carbocycles. The first-order valence-electron chi connectivity index (χ1n) is 11.8. The number of aromatic amines is 1. The van der Waals surface area contributed by atoms with E-state index in [1.807, 2.05) is 13.8 Å². The molecule has 1 fully saturated rings. The van der Waals surface area contributed by atoms with Crippen LogP contribution in [0, 0.1) is 13.8 Å². The van der Waals surface area contributed by atoms with E-state index < -0.39 is 41.6 Å². The summed E-state index contributed by atoms with van der Waals surface area (Å²) in [6.07, 6.45) is -0.420. The number of benzene rings is 2. The van der Waals surface area contributed by atoms with Gasteiger partial charge in [0.25, 0.3) is 5.56 Å². The van der Waals surface area contributed by atoms with E-state index in [9.17, 15) is 19.2 Å². The van der Waals surface area contributed by atoms with Crippen molar-refractivity contribution in [3.05, 3.63) is 103 Å². The third-order valence-electron chi connectivity index (χ3n) is 6.12. The van der Waals surface area contributed by atoms with Crippen LogP contribution in [0.1, 0.15) is 57.0 Å². The zero-order valence-corrected chi connectivity index (χ0v) is 20.4. The Morgan fingerprint density at radius 2 is 1.56 bits per heavy atom. The second-order valence-electron chi connectivity index (χ2n) is 8.81. The second kappa shape index (κ2) is 10.7. The number of H-pyrrole nitrogens is 1. The van der Waals surface area contributed by atoms with Gasteiger partial charge in [0.15, 0.2) is 0 Å². The molecule has 9 nitrogen and oxygen atoms in total. The minimum absolute atomic E-state index is 0.138. The maximum absolute atomic E-state index is 12.8. The minimum Gasteiger partial charge on any atom is -0.459 e. The first kappa shape index (κ1) is 25.1. The molecule has 3 aromatic rings. The topological polar surface area (TPSA) is 117 Å². The van der Waals surface area contributed by atoms with Gasteiger partial charge in [-0.15, -0.1) is 0 Å². The Hall–Kier alpha value is -3.98. The molecule has 1 N–H and O–H groups in total. The van der Waals surface area contributed by atoms with Gasteiger partial charge in [-0.2, -0.15) is 0 Å². The van der Waals surface area contributed by atoms with Crippen molar-refractivity contribution >= 4 is 11.9 Å². The van der Waals surface area contributed by atoms with Crippen molar-refractivity contribution in [2.24, 2.45) is 0 Å². The molecule has 1 aliphatic rings. The maximum Gasteiger partial charge on any atom is 0.338 e. The van der Waals surface area contributed by atoms with Crippen LogP contribution in [0.15, 0.2) is 64.3 Å². The third kappa shape index (κ3) is 5.63. The Kier molecular flexibility index (Phi) is 7.49. The van der Waals surface area contributed by atoms with E-state index in [0.29, 0.717) is 23.1 Å². The summed E-state index contributed by atoms with van der Waals surface area (Å²) >= 11 is 0. The van der Waals surface area contributed by atoms with Gasteiger partial charge in [-0.3, -0.25) is 14.3 Å². The zero-order chi connectivity index (χ0) is 25.8. The Bertz CT molecular complexity index is 1360. The standard InChI is InChI=1S/C27H28N2O7/c1-4-18-14-29(27(33)28-24(18)30)23-13-21(36-26(32)20-11-7-17(3)8-12-20)22(35-23)15-34-25(31)19-9-5-16(2)6-10-19/h5-12,14,21-23H,4,13,15H2,1-3H3,(H,28,30,33)/t21-,22+,23-/m0/s1. The van der Waals surface area contributed by atoms with Crippen LogP contribution in [0.2, 0.25) is 0 Å². The van der Waals surface area contributed by atoms with Crippen LogP contribution >= 0.6 is 0 Å².